The summed E-state index contributed by atoms with van der Waals surface area (Å²) in [6.07, 6.45) is 4.32. The Morgan fingerprint density at radius 2 is 2.19 bits per heavy atom. The van der Waals surface area contributed by atoms with Crippen LogP contribution >= 0.6 is 0 Å². The van der Waals surface area contributed by atoms with Gasteiger partial charge in [-0.2, -0.15) is 0 Å². The molecule has 1 aromatic heterocycles. The van der Waals surface area contributed by atoms with Crippen LogP contribution in [0.4, 0.5) is 11.6 Å². The average Bonchev–Trinajstić information content (AvgIpc) is 2.89. The number of piperidine rings is 1. The van der Waals surface area contributed by atoms with Gasteiger partial charge >= 0.3 is 0 Å². The van der Waals surface area contributed by atoms with Crippen LogP contribution in [0, 0.1) is 11.3 Å². The van der Waals surface area contributed by atoms with Crippen LogP contribution in [0.3, 0.4) is 0 Å². The molecule has 0 amide bonds. The van der Waals surface area contributed by atoms with Gasteiger partial charge in [0.25, 0.3) is 0 Å². The normalized spacial score (nSPS) is 25.8. The van der Waals surface area contributed by atoms with Crippen LogP contribution < -0.4 is 15.5 Å². The summed E-state index contributed by atoms with van der Waals surface area (Å²) in [5.41, 5.74) is 0.248. The quantitative estimate of drug-likeness (QED) is 0.893. The van der Waals surface area contributed by atoms with E-state index in [2.05, 4.69) is 52.3 Å². The first-order valence-electron chi connectivity index (χ1n) is 8.05. The molecule has 21 heavy (non-hydrogen) atoms. The summed E-state index contributed by atoms with van der Waals surface area (Å²) in [5.74, 6) is 2.76. The van der Waals surface area contributed by atoms with E-state index < -0.39 is 0 Å². The van der Waals surface area contributed by atoms with Crippen molar-refractivity contribution in [3.8, 4) is 0 Å². The summed E-state index contributed by atoms with van der Waals surface area (Å²) in [5, 5.41) is 7.06. The Kier molecular flexibility index (Phi) is 4.02. The van der Waals surface area contributed by atoms with Crippen LogP contribution in [0.1, 0.15) is 33.6 Å². The Balaban J connectivity index is 1.66. The van der Waals surface area contributed by atoms with Crippen molar-refractivity contribution in [2.24, 2.45) is 11.3 Å². The summed E-state index contributed by atoms with van der Waals surface area (Å²) < 4.78 is 0. The average molecular weight is 289 g/mol. The lowest BCUT2D eigenvalue weighted by Gasteiger charge is -2.24. The van der Waals surface area contributed by atoms with Gasteiger partial charge in [-0.05, 0) is 30.7 Å². The number of anilines is 2. The molecule has 1 aromatic rings. The largest absolute Gasteiger partial charge is 0.369 e. The molecule has 0 aliphatic carbocycles. The van der Waals surface area contributed by atoms with Crippen LogP contribution in [0.15, 0.2) is 12.4 Å². The third kappa shape index (κ3) is 3.64. The molecule has 2 unspecified atom stereocenters. The van der Waals surface area contributed by atoms with Crippen molar-refractivity contribution < 1.29 is 0 Å². The zero-order valence-electron chi connectivity index (χ0n) is 13.4. The Morgan fingerprint density at radius 3 is 2.95 bits per heavy atom. The highest BCUT2D eigenvalue weighted by molar-refractivity contribution is 5.49. The van der Waals surface area contributed by atoms with E-state index in [9.17, 15) is 0 Å². The highest BCUT2D eigenvalue weighted by Gasteiger charge is 2.34. The molecule has 0 bridgehead atoms. The lowest BCUT2D eigenvalue weighted by molar-refractivity contribution is 0.340. The van der Waals surface area contributed by atoms with Gasteiger partial charge in [-0.25, -0.2) is 9.97 Å². The van der Waals surface area contributed by atoms with Crippen LogP contribution in [0.2, 0.25) is 0 Å². The highest BCUT2D eigenvalue weighted by Crippen LogP contribution is 2.28. The van der Waals surface area contributed by atoms with Gasteiger partial charge in [0.1, 0.15) is 18.0 Å². The molecule has 2 aliphatic heterocycles. The first-order chi connectivity index (χ1) is 10.0. The van der Waals surface area contributed by atoms with Gasteiger partial charge in [-0.1, -0.05) is 20.8 Å². The minimum Gasteiger partial charge on any atom is -0.369 e. The molecule has 3 heterocycles. The number of hydrogen-bond acceptors (Lipinski definition) is 5. The summed E-state index contributed by atoms with van der Waals surface area (Å²) in [7, 11) is 0. The molecule has 0 aromatic carbocycles. The van der Waals surface area contributed by atoms with Gasteiger partial charge < -0.3 is 15.5 Å². The predicted molar refractivity (Wildman–Crippen MR) is 86.7 cm³/mol. The minimum absolute atomic E-state index is 0.248. The van der Waals surface area contributed by atoms with Gasteiger partial charge in [0, 0.05) is 31.7 Å². The molecule has 5 nitrogen and oxygen atoms in total. The Hall–Kier alpha value is -1.36. The molecule has 2 N–H and O–H groups in total. The van der Waals surface area contributed by atoms with Crippen LogP contribution in [0.25, 0.3) is 0 Å². The first-order valence-corrected chi connectivity index (χ1v) is 8.05. The molecule has 3 rings (SSSR count). The second-order valence-electron chi connectivity index (χ2n) is 7.54. The number of hydrogen-bond donors (Lipinski definition) is 2. The standard InChI is InChI=1S/C16H27N5/c1-16(2,3)10-18-14-7-15(20-11-19-14)21-8-12-5-4-6-17-13(12)9-21/h7,11-13,17H,4-6,8-10H2,1-3H3,(H,18,19,20). The molecule has 2 atom stereocenters. The van der Waals surface area contributed by atoms with E-state index in [-0.39, 0.29) is 5.41 Å². The van der Waals surface area contributed by atoms with E-state index in [0.717, 1.165) is 43.7 Å². The lowest BCUT2D eigenvalue weighted by atomic mass is 9.94. The van der Waals surface area contributed by atoms with E-state index in [1.807, 2.05) is 0 Å². The van der Waals surface area contributed by atoms with Crippen molar-refractivity contribution in [2.75, 3.05) is 36.4 Å². The van der Waals surface area contributed by atoms with E-state index in [0.29, 0.717) is 6.04 Å². The second-order valence-corrected chi connectivity index (χ2v) is 7.54. The monoisotopic (exact) mass is 289 g/mol. The lowest BCUT2D eigenvalue weighted by Crippen LogP contribution is -2.40. The maximum Gasteiger partial charge on any atom is 0.134 e. The molecule has 2 fully saturated rings. The van der Waals surface area contributed by atoms with E-state index in [1.54, 1.807) is 6.33 Å². The van der Waals surface area contributed by atoms with Crippen LogP contribution in [-0.2, 0) is 0 Å². The molecular formula is C16H27N5. The fraction of sp³-hybridized carbons (Fsp3) is 0.750. The maximum absolute atomic E-state index is 4.47. The summed E-state index contributed by atoms with van der Waals surface area (Å²) >= 11 is 0. The number of nitrogens with one attached hydrogen (secondary N) is 2. The van der Waals surface area contributed by atoms with E-state index >= 15 is 0 Å². The smallest absolute Gasteiger partial charge is 0.134 e. The molecule has 0 spiro atoms. The molecule has 2 saturated heterocycles. The third-order valence-corrected chi connectivity index (χ3v) is 4.38. The molecule has 5 heteroatoms. The molecule has 2 aliphatic rings. The number of nitrogens with zero attached hydrogens (tertiary/aromatic N) is 3. The third-order valence-electron chi connectivity index (χ3n) is 4.38. The van der Waals surface area contributed by atoms with Crippen molar-refractivity contribution in [3.63, 3.8) is 0 Å². The highest BCUT2D eigenvalue weighted by atomic mass is 15.3. The SMILES string of the molecule is CC(C)(C)CNc1cc(N2CC3CCCNC3C2)ncn1. The fourth-order valence-corrected chi connectivity index (χ4v) is 3.21. The number of aromatic nitrogens is 2. The summed E-state index contributed by atoms with van der Waals surface area (Å²) in [4.78, 5) is 11.2. The molecular weight excluding hydrogens is 262 g/mol. The van der Waals surface area contributed by atoms with Gasteiger partial charge in [-0.15, -0.1) is 0 Å². The van der Waals surface area contributed by atoms with Gasteiger partial charge in [0.05, 0.1) is 0 Å². The summed E-state index contributed by atoms with van der Waals surface area (Å²) in [6, 6.07) is 2.72. The zero-order chi connectivity index (χ0) is 14.9. The van der Waals surface area contributed by atoms with Crippen molar-refractivity contribution in [2.45, 2.75) is 39.7 Å². The first kappa shape index (κ1) is 14.6. The Labute approximate surface area is 127 Å². The van der Waals surface area contributed by atoms with Crippen molar-refractivity contribution >= 4 is 11.6 Å². The minimum atomic E-state index is 0.248. The van der Waals surface area contributed by atoms with E-state index in [4.69, 9.17) is 0 Å². The van der Waals surface area contributed by atoms with Crippen molar-refractivity contribution in [3.05, 3.63) is 12.4 Å². The van der Waals surface area contributed by atoms with E-state index in [1.165, 1.54) is 12.8 Å². The topological polar surface area (TPSA) is 53.1 Å². The maximum atomic E-state index is 4.47. The summed E-state index contributed by atoms with van der Waals surface area (Å²) in [6.45, 7) is 10.9. The Bertz CT molecular complexity index is 468. The molecule has 116 valence electrons. The fourth-order valence-electron chi connectivity index (χ4n) is 3.21. The molecule has 0 radical (unpaired) electrons. The number of rotatable bonds is 3. The van der Waals surface area contributed by atoms with Gasteiger partial charge in [-0.3, -0.25) is 0 Å². The predicted octanol–water partition coefficient (Wildman–Crippen LogP) is 2.12. The van der Waals surface area contributed by atoms with Crippen LogP contribution in [0.5, 0.6) is 0 Å². The molecule has 0 saturated carbocycles. The van der Waals surface area contributed by atoms with Crippen molar-refractivity contribution in [1.82, 2.24) is 15.3 Å². The number of fused-ring (bicyclic) bond motifs is 1. The second kappa shape index (κ2) is 5.79. The van der Waals surface area contributed by atoms with Crippen molar-refractivity contribution in [1.29, 1.82) is 0 Å². The zero-order valence-corrected chi connectivity index (χ0v) is 13.4. The van der Waals surface area contributed by atoms with Gasteiger partial charge in [0.15, 0.2) is 0 Å². The van der Waals surface area contributed by atoms with Crippen LogP contribution in [-0.4, -0.2) is 42.2 Å². The van der Waals surface area contributed by atoms with Gasteiger partial charge in [0.2, 0.25) is 0 Å². The Morgan fingerprint density at radius 1 is 1.33 bits per heavy atom.